The summed E-state index contributed by atoms with van der Waals surface area (Å²) in [6, 6.07) is 22.2. The molecule has 0 heterocycles. The smallest absolute Gasteiger partial charge is 0.249 e. The fraction of sp³-hybridized carbons (Fsp3) is 0.125. The molecule has 0 aliphatic carbocycles. The molecule has 1 N–H and O–H groups in total. The number of hydrogen-bond donors (Lipinski definition) is 1. The molecule has 0 bridgehead atoms. The molecule has 0 aliphatic heterocycles. The summed E-state index contributed by atoms with van der Waals surface area (Å²) >= 11 is 0. The van der Waals surface area contributed by atoms with Gasteiger partial charge >= 0.3 is 0 Å². The van der Waals surface area contributed by atoms with E-state index in [0.717, 1.165) is 16.3 Å². The monoisotopic (exact) mass is 384 g/mol. The number of amides is 1. The topological polar surface area (TPSA) is 79.2 Å². The zero-order valence-electron chi connectivity index (χ0n) is 16.0. The Morgan fingerprint density at radius 2 is 1.79 bits per heavy atom. The second-order valence-corrected chi connectivity index (χ2v) is 6.28. The third-order valence-corrected chi connectivity index (χ3v) is 4.37. The molecule has 0 saturated carbocycles. The fourth-order valence-electron chi connectivity index (χ4n) is 2.97. The lowest BCUT2D eigenvalue weighted by molar-refractivity contribution is -0.126. The molecule has 0 spiro atoms. The van der Waals surface area contributed by atoms with E-state index in [9.17, 15) is 14.9 Å². The zero-order chi connectivity index (χ0) is 20.6. The van der Waals surface area contributed by atoms with Gasteiger partial charge in [0.05, 0.1) is 18.4 Å². The molecule has 1 unspecified atom stereocenters. The van der Waals surface area contributed by atoms with Crippen LogP contribution in [0.4, 0.5) is 5.69 Å². The van der Waals surface area contributed by atoms with Crippen LogP contribution in [0.3, 0.4) is 0 Å². The number of allylic oxidation sites excluding steroid dienone is 1. The van der Waals surface area contributed by atoms with E-state index in [-0.39, 0.29) is 0 Å². The lowest BCUT2D eigenvalue weighted by Gasteiger charge is -2.12. The number of carbonyl (C=O) groups is 2. The number of carbonyl (C=O) groups excluding carboxylic acids is 2. The Morgan fingerprint density at radius 1 is 1.07 bits per heavy atom. The number of ether oxygens (including phenoxy) is 1. The van der Waals surface area contributed by atoms with Gasteiger partial charge in [-0.3, -0.25) is 9.59 Å². The number of nitrogens with zero attached hydrogens (tertiary/aromatic N) is 1. The highest BCUT2D eigenvalue weighted by Crippen LogP contribution is 2.24. The van der Waals surface area contributed by atoms with Gasteiger partial charge in [0.1, 0.15) is 5.75 Å². The number of ketones is 1. The Kier molecular flexibility index (Phi) is 6.39. The van der Waals surface area contributed by atoms with Crippen molar-refractivity contribution in [1.82, 2.24) is 0 Å². The van der Waals surface area contributed by atoms with Crippen molar-refractivity contribution < 1.29 is 14.3 Å². The van der Waals surface area contributed by atoms with Gasteiger partial charge in [-0.1, -0.05) is 60.7 Å². The fourth-order valence-corrected chi connectivity index (χ4v) is 2.97. The maximum Gasteiger partial charge on any atom is 0.249 e. The minimum Gasteiger partial charge on any atom is -0.492 e. The average Bonchev–Trinajstić information content (AvgIpc) is 2.74. The van der Waals surface area contributed by atoms with E-state index in [1.807, 2.05) is 49.4 Å². The summed E-state index contributed by atoms with van der Waals surface area (Å²) in [7, 11) is 0. The molecule has 0 aliphatic rings. The maximum absolute atomic E-state index is 12.5. The van der Waals surface area contributed by atoms with Crippen molar-refractivity contribution in [3.8, 4) is 11.8 Å². The van der Waals surface area contributed by atoms with Crippen LogP contribution in [-0.4, -0.2) is 18.3 Å². The summed E-state index contributed by atoms with van der Waals surface area (Å²) < 4.78 is 5.46. The molecule has 1 atom stereocenters. The molecular formula is C24H20N2O3. The van der Waals surface area contributed by atoms with Crippen LogP contribution in [0.15, 0.2) is 72.8 Å². The maximum atomic E-state index is 12.5. The van der Waals surface area contributed by atoms with Gasteiger partial charge in [-0.05, 0) is 41.5 Å². The summed E-state index contributed by atoms with van der Waals surface area (Å²) in [5.74, 6) is -2.23. The van der Waals surface area contributed by atoms with Crippen molar-refractivity contribution in [3.63, 3.8) is 0 Å². The number of anilines is 1. The summed E-state index contributed by atoms with van der Waals surface area (Å²) in [5.41, 5.74) is 1.26. The molecular weight excluding hydrogens is 364 g/mol. The van der Waals surface area contributed by atoms with Gasteiger partial charge in [0, 0.05) is 0 Å². The first-order valence-corrected chi connectivity index (χ1v) is 9.26. The summed E-state index contributed by atoms with van der Waals surface area (Å²) in [6.45, 7) is 2.26. The average molecular weight is 384 g/mol. The van der Waals surface area contributed by atoms with Gasteiger partial charge in [0.2, 0.25) is 5.91 Å². The first-order valence-electron chi connectivity index (χ1n) is 9.26. The molecule has 1 amide bonds. The number of para-hydroxylation sites is 2. The summed E-state index contributed by atoms with van der Waals surface area (Å²) in [5, 5.41) is 14.0. The predicted octanol–water partition coefficient (Wildman–Crippen LogP) is 4.60. The summed E-state index contributed by atoms with van der Waals surface area (Å²) in [6.07, 6.45) is 2.92. The molecule has 3 aromatic rings. The molecule has 0 radical (unpaired) electrons. The molecule has 3 rings (SSSR count). The standard InChI is InChI=1S/C24H20N2O3/c1-2-29-23-13-6-5-12-21(23)26-24(28)20(16-25)22(27)15-14-18-10-7-9-17-8-3-4-11-19(17)18/h3-15,20H,2H2,1H3,(H,26,28)/b15-14+. The Balaban J connectivity index is 1.77. The van der Waals surface area contributed by atoms with Crippen LogP contribution >= 0.6 is 0 Å². The minimum absolute atomic E-state index is 0.422. The Labute approximate surface area is 169 Å². The second kappa shape index (κ2) is 9.34. The Bertz CT molecular complexity index is 1110. The molecule has 3 aromatic carbocycles. The van der Waals surface area contributed by atoms with Crippen LogP contribution in [0.25, 0.3) is 16.8 Å². The van der Waals surface area contributed by atoms with Crippen molar-refractivity contribution in [3.05, 3.63) is 78.4 Å². The number of hydrogen-bond acceptors (Lipinski definition) is 4. The predicted molar refractivity (Wildman–Crippen MR) is 113 cm³/mol. The summed E-state index contributed by atoms with van der Waals surface area (Å²) in [4.78, 5) is 25.0. The highest BCUT2D eigenvalue weighted by atomic mass is 16.5. The van der Waals surface area contributed by atoms with E-state index in [1.54, 1.807) is 36.4 Å². The first kappa shape index (κ1) is 19.8. The highest BCUT2D eigenvalue weighted by Gasteiger charge is 2.25. The van der Waals surface area contributed by atoms with Crippen LogP contribution in [-0.2, 0) is 9.59 Å². The number of fused-ring (bicyclic) bond motifs is 1. The highest BCUT2D eigenvalue weighted by molar-refractivity contribution is 6.14. The number of rotatable bonds is 7. The van der Waals surface area contributed by atoms with Crippen molar-refractivity contribution in [2.45, 2.75) is 6.92 Å². The largest absolute Gasteiger partial charge is 0.492 e. The van der Waals surface area contributed by atoms with Gasteiger partial charge in [0.25, 0.3) is 0 Å². The van der Waals surface area contributed by atoms with E-state index in [4.69, 9.17) is 4.74 Å². The van der Waals surface area contributed by atoms with Crippen molar-refractivity contribution >= 4 is 34.2 Å². The molecule has 144 valence electrons. The van der Waals surface area contributed by atoms with Crippen LogP contribution in [0.1, 0.15) is 12.5 Å². The normalized spacial score (nSPS) is 11.7. The lowest BCUT2D eigenvalue weighted by atomic mass is 10.0. The number of benzene rings is 3. The molecule has 0 aromatic heterocycles. The second-order valence-electron chi connectivity index (χ2n) is 6.28. The van der Waals surface area contributed by atoms with E-state index < -0.39 is 17.6 Å². The van der Waals surface area contributed by atoms with Crippen molar-refractivity contribution in [2.24, 2.45) is 5.92 Å². The zero-order valence-corrected chi connectivity index (χ0v) is 16.0. The van der Waals surface area contributed by atoms with E-state index in [1.165, 1.54) is 6.08 Å². The van der Waals surface area contributed by atoms with E-state index in [2.05, 4.69) is 5.32 Å². The number of nitrogens with one attached hydrogen (secondary N) is 1. The van der Waals surface area contributed by atoms with E-state index in [0.29, 0.717) is 18.0 Å². The molecule has 0 saturated heterocycles. The van der Waals surface area contributed by atoms with Gasteiger partial charge in [-0.25, -0.2) is 0 Å². The SMILES string of the molecule is CCOc1ccccc1NC(=O)C(C#N)C(=O)/C=C/c1cccc2ccccc12. The van der Waals surface area contributed by atoms with Crippen LogP contribution < -0.4 is 10.1 Å². The minimum atomic E-state index is -1.45. The van der Waals surface area contributed by atoms with Crippen molar-refractivity contribution in [1.29, 1.82) is 5.26 Å². The molecule has 0 fully saturated rings. The first-order chi connectivity index (χ1) is 14.1. The Hall–Kier alpha value is -3.91. The number of nitriles is 1. The molecule has 5 nitrogen and oxygen atoms in total. The van der Waals surface area contributed by atoms with Crippen LogP contribution in [0.5, 0.6) is 5.75 Å². The van der Waals surface area contributed by atoms with Gasteiger partial charge in [-0.15, -0.1) is 0 Å². The third kappa shape index (κ3) is 4.69. The van der Waals surface area contributed by atoms with E-state index >= 15 is 0 Å². The van der Waals surface area contributed by atoms with Gasteiger partial charge in [-0.2, -0.15) is 5.26 Å². The third-order valence-electron chi connectivity index (χ3n) is 4.37. The van der Waals surface area contributed by atoms with Crippen molar-refractivity contribution in [2.75, 3.05) is 11.9 Å². The quantitative estimate of drug-likeness (QED) is 0.477. The van der Waals surface area contributed by atoms with Crippen LogP contribution in [0, 0.1) is 17.2 Å². The lowest BCUT2D eigenvalue weighted by Crippen LogP contribution is -2.27. The Morgan fingerprint density at radius 3 is 2.59 bits per heavy atom. The van der Waals surface area contributed by atoms with Gasteiger partial charge in [0.15, 0.2) is 11.7 Å². The molecule has 29 heavy (non-hydrogen) atoms. The van der Waals surface area contributed by atoms with Gasteiger partial charge < -0.3 is 10.1 Å². The van der Waals surface area contributed by atoms with Crippen LogP contribution in [0.2, 0.25) is 0 Å². The molecule has 5 heteroatoms.